The van der Waals surface area contributed by atoms with Gasteiger partial charge in [-0.15, -0.1) is 10.2 Å². The van der Waals surface area contributed by atoms with Crippen molar-refractivity contribution in [3.05, 3.63) is 60.4 Å². The van der Waals surface area contributed by atoms with Gasteiger partial charge in [-0.1, -0.05) is 36.0 Å². The van der Waals surface area contributed by atoms with E-state index in [0.717, 1.165) is 5.69 Å². The number of carbonyl (C=O) groups is 1. The number of thioether (sulfide) groups is 1. The lowest BCUT2D eigenvalue weighted by Crippen LogP contribution is -2.28. The van der Waals surface area contributed by atoms with Crippen LogP contribution >= 0.6 is 11.8 Å². The highest BCUT2D eigenvalue weighted by Crippen LogP contribution is 2.21. The average Bonchev–Trinajstić information content (AvgIpc) is 3.10. The van der Waals surface area contributed by atoms with Gasteiger partial charge in [0.15, 0.2) is 5.82 Å². The third kappa shape index (κ3) is 4.74. The van der Waals surface area contributed by atoms with Crippen LogP contribution in [0.25, 0.3) is 0 Å². The number of amides is 1. The largest absolute Gasteiger partial charge is 0.497 e. The number of benzene rings is 2. The number of para-hydroxylation sites is 1. The van der Waals surface area contributed by atoms with Crippen LogP contribution in [0, 0.1) is 0 Å². The van der Waals surface area contributed by atoms with Gasteiger partial charge in [0.05, 0.1) is 12.9 Å². The molecular weight excluding hydrogens is 378 g/mol. The summed E-state index contributed by atoms with van der Waals surface area (Å²) in [7, 11) is 3.33. The van der Waals surface area contributed by atoms with E-state index in [-0.39, 0.29) is 18.3 Å². The minimum absolute atomic E-state index is 0.0617. The van der Waals surface area contributed by atoms with Crippen molar-refractivity contribution in [3.8, 4) is 11.5 Å². The number of anilines is 1. The van der Waals surface area contributed by atoms with E-state index in [2.05, 4.69) is 10.2 Å². The lowest BCUT2D eigenvalue weighted by molar-refractivity contribution is -0.115. The molecule has 0 fully saturated rings. The standard InChI is InChI=1S/C19H21N5O3S/c1-23(14-7-4-3-5-8-14)18(25)13-28-19-22-21-17(24(19)20)12-27-16-10-6-9-15(11-16)26-2/h3-11H,12-13,20H2,1-2H3. The van der Waals surface area contributed by atoms with Gasteiger partial charge in [0.25, 0.3) is 0 Å². The molecule has 1 aromatic heterocycles. The first-order chi connectivity index (χ1) is 13.6. The SMILES string of the molecule is COc1cccc(OCc2nnc(SCC(=O)N(C)c3ccccc3)n2N)c1. The minimum atomic E-state index is -0.0617. The Labute approximate surface area is 167 Å². The van der Waals surface area contributed by atoms with Crippen LogP contribution in [0.3, 0.4) is 0 Å². The van der Waals surface area contributed by atoms with Crippen molar-refractivity contribution >= 4 is 23.4 Å². The van der Waals surface area contributed by atoms with E-state index in [0.29, 0.717) is 22.5 Å². The Kier molecular flexibility index (Phi) is 6.38. The van der Waals surface area contributed by atoms with Crippen LogP contribution in [0.1, 0.15) is 5.82 Å². The summed E-state index contributed by atoms with van der Waals surface area (Å²) in [6.07, 6.45) is 0. The van der Waals surface area contributed by atoms with E-state index < -0.39 is 0 Å². The molecule has 146 valence electrons. The monoisotopic (exact) mass is 399 g/mol. The Morgan fingerprint density at radius 1 is 1.14 bits per heavy atom. The highest BCUT2D eigenvalue weighted by atomic mass is 32.2. The fraction of sp³-hybridized carbons (Fsp3) is 0.211. The second-order valence-electron chi connectivity index (χ2n) is 5.81. The van der Waals surface area contributed by atoms with Crippen LogP contribution in [0.2, 0.25) is 0 Å². The van der Waals surface area contributed by atoms with Gasteiger partial charge in [0.1, 0.15) is 18.1 Å². The van der Waals surface area contributed by atoms with E-state index in [1.807, 2.05) is 48.5 Å². The number of aromatic nitrogens is 3. The van der Waals surface area contributed by atoms with Crippen LogP contribution < -0.4 is 20.2 Å². The zero-order valence-corrected chi connectivity index (χ0v) is 16.4. The molecule has 0 saturated heterocycles. The second kappa shape index (κ2) is 9.14. The number of nitrogens with two attached hydrogens (primary N) is 1. The predicted molar refractivity (Wildman–Crippen MR) is 108 cm³/mol. The number of methoxy groups -OCH3 is 1. The number of nitrogens with zero attached hydrogens (tertiary/aromatic N) is 4. The molecule has 3 aromatic rings. The van der Waals surface area contributed by atoms with Gasteiger partial charge in [-0.25, -0.2) is 4.68 Å². The van der Waals surface area contributed by atoms with Gasteiger partial charge in [0.2, 0.25) is 11.1 Å². The Morgan fingerprint density at radius 3 is 2.64 bits per heavy atom. The molecule has 1 amide bonds. The molecule has 0 aliphatic heterocycles. The third-order valence-corrected chi connectivity index (χ3v) is 4.91. The summed E-state index contributed by atoms with van der Waals surface area (Å²) in [5, 5.41) is 8.53. The highest BCUT2D eigenvalue weighted by molar-refractivity contribution is 7.99. The van der Waals surface area contributed by atoms with Gasteiger partial charge in [-0.2, -0.15) is 0 Å². The lowest BCUT2D eigenvalue weighted by atomic mass is 10.3. The molecule has 28 heavy (non-hydrogen) atoms. The summed E-state index contributed by atoms with van der Waals surface area (Å²) in [6.45, 7) is 0.148. The minimum Gasteiger partial charge on any atom is -0.497 e. The first kappa shape index (κ1) is 19.6. The first-order valence-corrected chi connectivity index (χ1v) is 9.47. The molecule has 1 heterocycles. The topological polar surface area (TPSA) is 95.5 Å². The number of hydrogen-bond donors (Lipinski definition) is 1. The maximum Gasteiger partial charge on any atom is 0.237 e. The number of nitrogen functional groups attached to an aromatic ring is 1. The van der Waals surface area contributed by atoms with E-state index >= 15 is 0 Å². The number of rotatable bonds is 8. The normalized spacial score (nSPS) is 10.5. The molecule has 2 aromatic carbocycles. The summed E-state index contributed by atoms with van der Waals surface area (Å²) in [5.41, 5.74) is 0.828. The molecule has 0 spiro atoms. The summed E-state index contributed by atoms with van der Waals surface area (Å²) in [4.78, 5) is 14.0. The maximum atomic E-state index is 12.4. The number of hydrogen-bond acceptors (Lipinski definition) is 7. The Morgan fingerprint density at radius 2 is 1.89 bits per heavy atom. The fourth-order valence-electron chi connectivity index (χ4n) is 2.36. The molecule has 3 rings (SSSR count). The molecule has 0 radical (unpaired) electrons. The molecule has 0 unspecified atom stereocenters. The van der Waals surface area contributed by atoms with Gasteiger partial charge in [0, 0.05) is 18.8 Å². The molecule has 0 atom stereocenters. The van der Waals surface area contributed by atoms with Crippen LogP contribution in [0.4, 0.5) is 5.69 Å². The van der Waals surface area contributed by atoms with E-state index in [4.69, 9.17) is 15.3 Å². The van der Waals surface area contributed by atoms with Gasteiger partial charge >= 0.3 is 0 Å². The molecular formula is C19H21N5O3S. The van der Waals surface area contributed by atoms with E-state index in [1.54, 1.807) is 25.1 Å². The van der Waals surface area contributed by atoms with Crippen molar-refractivity contribution < 1.29 is 14.3 Å². The molecule has 0 saturated carbocycles. The van der Waals surface area contributed by atoms with Gasteiger partial charge < -0.3 is 20.2 Å². The molecule has 8 nitrogen and oxygen atoms in total. The Bertz CT molecular complexity index is 932. The van der Waals surface area contributed by atoms with Crippen molar-refractivity contribution in [1.29, 1.82) is 0 Å². The van der Waals surface area contributed by atoms with Crippen molar-refractivity contribution in [2.24, 2.45) is 0 Å². The number of carbonyl (C=O) groups excluding carboxylic acids is 1. The summed E-state index contributed by atoms with van der Waals surface area (Å²) in [6, 6.07) is 16.7. The van der Waals surface area contributed by atoms with Crippen LogP contribution in [0.5, 0.6) is 11.5 Å². The Hall–Kier alpha value is -3.20. The third-order valence-electron chi connectivity index (χ3n) is 3.99. The number of ether oxygens (including phenoxy) is 2. The van der Waals surface area contributed by atoms with Crippen LogP contribution in [-0.4, -0.2) is 40.7 Å². The van der Waals surface area contributed by atoms with Crippen molar-refractivity contribution in [2.45, 2.75) is 11.8 Å². The zero-order valence-electron chi connectivity index (χ0n) is 15.6. The zero-order chi connectivity index (χ0) is 19.9. The van der Waals surface area contributed by atoms with E-state index in [1.165, 1.54) is 16.4 Å². The maximum absolute atomic E-state index is 12.4. The fourth-order valence-corrected chi connectivity index (χ4v) is 3.15. The smallest absolute Gasteiger partial charge is 0.237 e. The molecule has 9 heteroatoms. The quantitative estimate of drug-likeness (QED) is 0.459. The van der Waals surface area contributed by atoms with Gasteiger partial charge in [-0.3, -0.25) is 4.79 Å². The van der Waals surface area contributed by atoms with Crippen molar-refractivity contribution in [3.63, 3.8) is 0 Å². The molecule has 0 aliphatic rings. The summed E-state index contributed by atoms with van der Waals surface area (Å²) >= 11 is 1.22. The summed E-state index contributed by atoms with van der Waals surface area (Å²) < 4.78 is 12.2. The predicted octanol–water partition coefficient (Wildman–Crippen LogP) is 2.33. The molecule has 2 N–H and O–H groups in total. The highest BCUT2D eigenvalue weighted by Gasteiger charge is 2.16. The van der Waals surface area contributed by atoms with Gasteiger partial charge in [-0.05, 0) is 24.3 Å². The Balaban J connectivity index is 1.56. The van der Waals surface area contributed by atoms with E-state index in [9.17, 15) is 4.79 Å². The summed E-state index contributed by atoms with van der Waals surface area (Å²) in [5.74, 6) is 7.95. The van der Waals surface area contributed by atoms with Crippen LogP contribution in [0.15, 0.2) is 59.8 Å². The first-order valence-electron chi connectivity index (χ1n) is 8.49. The van der Waals surface area contributed by atoms with Crippen molar-refractivity contribution in [1.82, 2.24) is 14.9 Å². The lowest BCUT2D eigenvalue weighted by Gasteiger charge is -2.16. The molecule has 0 aliphatic carbocycles. The average molecular weight is 399 g/mol. The second-order valence-corrected chi connectivity index (χ2v) is 6.76. The molecule has 0 bridgehead atoms. The van der Waals surface area contributed by atoms with Crippen LogP contribution in [-0.2, 0) is 11.4 Å². The van der Waals surface area contributed by atoms with Crippen molar-refractivity contribution in [2.75, 3.05) is 30.7 Å².